The molecule has 9 nitrogen and oxygen atoms in total. The van der Waals surface area contributed by atoms with E-state index < -0.39 is 10.4 Å². The Kier molecular flexibility index (Phi) is 7.52. The van der Waals surface area contributed by atoms with Crippen LogP contribution in [0, 0.1) is 11.3 Å². The van der Waals surface area contributed by atoms with Gasteiger partial charge >= 0.3 is 0 Å². The highest BCUT2D eigenvalue weighted by molar-refractivity contribution is 7.79. The Balaban J connectivity index is 0.000000555. The lowest BCUT2D eigenvalue weighted by molar-refractivity contribution is -0.124. The van der Waals surface area contributed by atoms with Gasteiger partial charge in [-0.15, -0.1) is 0 Å². The molecule has 0 unspecified atom stereocenters. The van der Waals surface area contributed by atoms with Gasteiger partial charge in [-0.05, 0) is 19.3 Å². The molecule has 0 aromatic heterocycles. The lowest BCUT2D eigenvalue weighted by atomic mass is 10.1. The van der Waals surface area contributed by atoms with Gasteiger partial charge in [0.1, 0.15) is 0 Å². The summed E-state index contributed by atoms with van der Waals surface area (Å²) in [7, 11) is -5.17. The van der Waals surface area contributed by atoms with Crippen molar-refractivity contribution >= 4 is 22.1 Å². The summed E-state index contributed by atoms with van der Waals surface area (Å²) in [5, 5.41) is 9.75. The monoisotopic (exact) mass is 294 g/mol. The third kappa shape index (κ3) is 11.6. The van der Waals surface area contributed by atoms with Gasteiger partial charge in [0, 0.05) is 35.3 Å². The molecule has 19 heavy (non-hydrogen) atoms. The summed E-state index contributed by atoms with van der Waals surface area (Å²) in [4.78, 5) is 11.5. The first-order valence-corrected chi connectivity index (χ1v) is 6.95. The zero-order valence-corrected chi connectivity index (χ0v) is 11.1. The Labute approximate surface area is 111 Å². The largest absolute Gasteiger partial charge is 0.759 e. The van der Waals surface area contributed by atoms with E-state index in [9.17, 15) is 4.79 Å². The van der Waals surface area contributed by atoms with Crippen molar-refractivity contribution in [2.24, 2.45) is 17.4 Å². The Morgan fingerprint density at radius 1 is 1.37 bits per heavy atom. The molecule has 10 heteroatoms. The molecule has 0 heterocycles. The van der Waals surface area contributed by atoms with Crippen LogP contribution in [0.2, 0.25) is 0 Å². The van der Waals surface area contributed by atoms with Gasteiger partial charge < -0.3 is 25.9 Å². The molecule has 0 saturated heterocycles. The second-order valence-electron chi connectivity index (χ2n) is 4.24. The fraction of sp³-hybridized carbons (Fsp3) is 0.778. The molecule has 112 valence electrons. The SMILES string of the molecule is N=C(N)CCNC(=O)[C@H]1CC[C@@H](N)C1.O=S(=O)([O-])[O-]. The van der Waals surface area contributed by atoms with Gasteiger partial charge in [0.2, 0.25) is 5.91 Å². The van der Waals surface area contributed by atoms with Crippen LogP contribution >= 0.6 is 0 Å². The minimum absolute atomic E-state index is 0.0548. The first-order chi connectivity index (χ1) is 8.59. The van der Waals surface area contributed by atoms with E-state index in [1.165, 1.54) is 0 Å². The molecule has 0 aromatic carbocycles. The molecular weight excluding hydrogens is 276 g/mol. The summed E-state index contributed by atoms with van der Waals surface area (Å²) in [5.41, 5.74) is 10.9. The molecule has 0 spiro atoms. The molecule has 1 saturated carbocycles. The van der Waals surface area contributed by atoms with Gasteiger partial charge in [0.05, 0.1) is 5.84 Å². The molecular formula is C9H18N4O5S-2. The number of carbonyl (C=O) groups is 1. The molecule has 2 atom stereocenters. The van der Waals surface area contributed by atoms with Crippen LogP contribution in [0.15, 0.2) is 0 Å². The molecule has 0 aliphatic heterocycles. The maximum Gasteiger partial charge on any atom is 0.223 e. The first-order valence-electron chi connectivity index (χ1n) is 5.62. The second kappa shape index (κ2) is 8.04. The summed E-state index contributed by atoms with van der Waals surface area (Å²) >= 11 is 0. The topological polar surface area (TPSA) is 185 Å². The van der Waals surface area contributed by atoms with Crippen molar-refractivity contribution in [1.29, 1.82) is 5.41 Å². The predicted molar refractivity (Wildman–Crippen MR) is 65.3 cm³/mol. The lowest BCUT2D eigenvalue weighted by Gasteiger charge is -2.09. The quantitative estimate of drug-likeness (QED) is 0.204. The van der Waals surface area contributed by atoms with Crippen LogP contribution in [-0.4, -0.2) is 41.9 Å². The molecule has 1 aliphatic carbocycles. The molecule has 0 bridgehead atoms. The number of amidine groups is 1. The van der Waals surface area contributed by atoms with Crippen LogP contribution < -0.4 is 16.8 Å². The number of nitrogens with two attached hydrogens (primary N) is 2. The van der Waals surface area contributed by atoms with Crippen LogP contribution in [0.5, 0.6) is 0 Å². The highest BCUT2D eigenvalue weighted by Crippen LogP contribution is 2.23. The lowest BCUT2D eigenvalue weighted by Crippen LogP contribution is -2.32. The molecule has 1 fully saturated rings. The minimum Gasteiger partial charge on any atom is -0.759 e. The van der Waals surface area contributed by atoms with Gasteiger partial charge in [-0.25, -0.2) is 0 Å². The average molecular weight is 294 g/mol. The van der Waals surface area contributed by atoms with E-state index in [0.717, 1.165) is 19.3 Å². The van der Waals surface area contributed by atoms with Crippen molar-refractivity contribution in [1.82, 2.24) is 5.32 Å². The first kappa shape index (κ1) is 17.8. The predicted octanol–water partition coefficient (Wildman–Crippen LogP) is -1.78. The number of rotatable bonds is 4. The third-order valence-electron chi connectivity index (χ3n) is 2.54. The molecule has 0 radical (unpaired) electrons. The van der Waals surface area contributed by atoms with Crippen LogP contribution in [0.3, 0.4) is 0 Å². The van der Waals surface area contributed by atoms with E-state index in [4.69, 9.17) is 34.4 Å². The van der Waals surface area contributed by atoms with E-state index in [0.29, 0.717) is 13.0 Å². The summed E-state index contributed by atoms with van der Waals surface area (Å²) in [6.07, 6.45) is 3.02. The van der Waals surface area contributed by atoms with Crippen molar-refractivity contribution in [3.8, 4) is 0 Å². The number of nitrogens with one attached hydrogen (secondary N) is 2. The van der Waals surface area contributed by atoms with Crippen LogP contribution in [0.4, 0.5) is 0 Å². The summed E-state index contributed by atoms with van der Waals surface area (Å²) in [5.74, 6) is 0.226. The Morgan fingerprint density at radius 2 is 1.89 bits per heavy atom. The van der Waals surface area contributed by atoms with Crippen molar-refractivity contribution in [2.75, 3.05) is 6.54 Å². The summed E-state index contributed by atoms with van der Waals surface area (Å²) < 4.78 is 34.1. The third-order valence-corrected chi connectivity index (χ3v) is 2.54. The fourth-order valence-corrected chi connectivity index (χ4v) is 1.72. The highest BCUT2D eigenvalue weighted by Gasteiger charge is 2.27. The number of amides is 1. The molecule has 0 aromatic rings. The average Bonchev–Trinajstić information content (AvgIpc) is 2.61. The van der Waals surface area contributed by atoms with Gasteiger partial charge in [-0.1, -0.05) is 0 Å². The molecule has 1 rings (SSSR count). The summed E-state index contributed by atoms with van der Waals surface area (Å²) in [6.45, 7) is 0.458. The van der Waals surface area contributed by atoms with E-state index in [1.54, 1.807) is 0 Å². The summed E-state index contributed by atoms with van der Waals surface area (Å²) in [6, 6.07) is 0.179. The van der Waals surface area contributed by atoms with Crippen molar-refractivity contribution in [2.45, 2.75) is 31.7 Å². The van der Waals surface area contributed by atoms with Crippen molar-refractivity contribution in [3.63, 3.8) is 0 Å². The maximum absolute atomic E-state index is 11.5. The van der Waals surface area contributed by atoms with Crippen molar-refractivity contribution in [3.05, 3.63) is 0 Å². The fourth-order valence-electron chi connectivity index (χ4n) is 1.72. The maximum atomic E-state index is 11.5. The van der Waals surface area contributed by atoms with E-state index in [-0.39, 0.29) is 23.7 Å². The van der Waals surface area contributed by atoms with E-state index >= 15 is 0 Å². The van der Waals surface area contributed by atoms with Gasteiger partial charge in [-0.2, -0.15) is 0 Å². The molecule has 1 aliphatic rings. The van der Waals surface area contributed by atoms with E-state index in [2.05, 4.69) is 5.32 Å². The zero-order valence-electron chi connectivity index (χ0n) is 10.3. The Bertz CT molecular complexity index is 403. The number of hydrogen-bond donors (Lipinski definition) is 4. The van der Waals surface area contributed by atoms with Crippen LogP contribution in [-0.2, 0) is 15.2 Å². The standard InChI is InChI=1S/C9H18N4O.H2O4S/c10-7-2-1-6(5-7)9(14)13-4-3-8(11)12;1-5(2,3)4/h6-7H,1-5,10H2,(H3,11,12)(H,13,14);(H2,1,2,3,4)/p-2/t6-,7+;/m0./s1. The van der Waals surface area contributed by atoms with Gasteiger partial charge in [-0.3, -0.25) is 18.6 Å². The molecule has 1 amide bonds. The number of carbonyl (C=O) groups excluding carboxylic acids is 1. The second-order valence-corrected chi connectivity index (χ2v) is 5.06. The zero-order chi connectivity index (χ0) is 15.1. The van der Waals surface area contributed by atoms with Crippen molar-refractivity contribution < 1.29 is 22.3 Å². The smallest absolute Gasteiger partial charge is 0.223 e. The molecule has 6 N–H and O–H groups in total. The minimum atomic E-state index is -5.17. The van der Waals surface area contributed by atoms with Gasteiger partial charge in [0.15, 0.2) is 0 Å². The van der Waals surface area contributed by atoms with E-state index in [1.807, 2.05) is 0 Å². The Hall–Kier alpha value is -1.23. The highest BCUT2D eigenvalue weighted by atomic mass is 32.3. The Morgan fingerprint density at radius 3 is 2.26 bits per heavy atom. The number of hydrogen-bond acceptors (Lipinski definition) is 7. The van der Waals surface area contributed by atoms with Crippen LogP contribution in [0.1, 0.15) is 25.7 Å². The van der Waals surface area contributed by atoms with Crippen LogP contribution in [0.25, 0.3) is 0 Å². The van der Waals surface area contributed by atoms with Gasteiger partial charge in [0.25, 0.3) is 0 Å². The normalized spacial score (nSPS) is 22.3.